The summed E-state index contributed by atoms with van der Waals surface area (Å²) in [6.45, 7) is 3.81. The van der Waals surface area contributed by atoms with Crippen LogP contribution in [0.3, 0.4) is 0 Å². The van der Waals surface area contributed by atoms with Crippen molar-refractivity contribution in [2.75, 3.05) is 31.1 Å². The van der Waals surface area contributed by atoms with E-state index < -0.39 is 0 Å². The van der Waals surface area contributed by atoms with Crippen LogP contribution < -0.4 is 4.90 Å². The second-order valence-electron chi connectivity index (χ2n) is 7.67. The Hall–Kier alpha value is -2.88. The Morgan fingerprint density at radius 2 is 1.43 bits per heavy atom. The molecule has 4 heteroatoms. The highest BCUT2D eigenvalue weighted by Gasteiger charge is 2.26. The molecule has 0 atom stereocenters. The first kappa shape index (κ1) is 19.1. The smallest absolute Gasteiger partial charge is 0.137 e. The fourth-order valence-corrected chi connectivity index (χ4v) is 4.45. The topological polar surface area (TPSA) is 19.4 Å². The molecule has 1 aliphatic heterocycles. The van der Waals surface area contributed by atoms with Crippen LogP contribution >= 0.6 is 11.6 Å². The van der Waals surface area contributed by atoms with E-state index in [1.807, 2.05) is 24.3 Å². The van der Waals surface area contributed by atoms with Gasteiger partial charge in [0.2, 0.25) is 0 Å². The number of benzene rings is 3. The van der Waals surface area contributed by atoms with Crippen molar-refractivity contribution in [1.29, 1.82) is 0 Å². The van der Waals surface area contributed by atoms with Gasteiger partial charge in [0.25, 0.3) is 0 Å². The van der Waals surface area contributed by atoms with E-state index in [2.05, 4.69) is 76.5 Å². The summed E-state index contributed by atoms with van der Waals surface area (Å²) in [6.07, 6.45) is 0. The first-order valence-corrected chi connectivity index (χ1v) is 10.7. The summed E-state index contributed by atoms with van der Waals surface area (Å²) in [5.41, 5.74) is 3.64. The van der Waals surface area contributed by atoms with Crippen LogP contribution in [0.5, 0.6) is 0 Å². The minimum atomic E-state index is 0.269. The van der Waals surface area contributed by atoms with Gasteiger partial charge in [0.15, 0.2) is 0 Å². The molecule has 1 aromatic heterocycles. The Morgan fingerprint density at radius 3 is 2.07 bits per heavy atom. The van der Waals surface area contributed by atoms with Crippen LogP contribution in [0, 0.1) is 6.07 Å². The van der Waals surface area contributed by atoms with E-state index in [1.165, 1.54) is 11.1 Å². The average molecular weight is 413 g/mol. The number of hydrogen-bond acceptors (Lipinski definition) is 3. The summed E-state index contributed by atoms with van der Waals surface area (Å²) in [7, 11) is 0. The normalized spacial score (nSPS) is 15.1. The zero-order valence-corrected chi connectivity index (χ0v) is 17.5. The number of halogens is 1. The predicted molar refractivity (Wildman–Crippen MR) is 124 cm³/mol. The highest BCUT2D eigenvalue weighted by Crippen LogP contribution is 2.30. The lowest BCUT2D eigenvalue weighted by Gasteiger charge is -2.40. The Bertz CT molecular complexity index is 1080. The number of hydrogen-bond donors (Lipinski definition) is 0. The van der Waals surface area contributed by atoms with E-state index in [1.54, 1.807) is 0 Å². The Kier molecular flexibility index (Phi) is 5.39. The molecule has 0 saturated carbocycles. The van der Waals surface area contributed by atoms with Gasteiger partial charge in [0.05, 0.1) is 11.6 Å². The van der Waals surface area contributed by atoms with Gasteiger partial charge in [0, 0.05) is 42.7 Å². The minimum Gasteiger partial charge on any atom is -0.354 e. The van der Waals surface area contributed by atoms with E-state index in [0.717, 1.165) is 47.9 Å². The van der Waals surface area contributed by atoms with Crippen molar-refractivity contribution in [3.8, 4) is 0 Å². The maximum Gasteiger partial charge on any atom is 0.137 e. The number of aromatic nitrogens is 1. The van der Waals surface area contributed by atoms with Crippen molar-refractivity contribution in [2.24, 2.45) is 0 Å². The summed E-state index contributed by atoms with van der Waals surface area (Å²) in [4.78, 5) is 9.72. The summed E-state index contributed by atoms with van der Waals surface area (Å²) >= 11 is 6.10. The summed E-state index contributed by atoms with van der Waals surface area (Å²) < 4.78 is 0. The van der Waals surface area contributed by atoms with Crippen LogP contribution in [-0.2, 0) is 0 Å². The molecule has 0 unspecified atom stereocenters. The first-order valence-electron chi connectivity index (χ1n) is 10.3. The van der Waals surface area contributed by atoms with Crippen LogP contribution in [-0.4, -0.2) is 36.1 Å². The highest BCUT2D eigenvalue weighted by molar-refractivity contribution is 6.31. The second kappa shape index (κ2) is 8.47. The molecule has 0 N–H and O–H groups in total. The second-order valence-corrected chi connectivity index (χ2v) is 8.11. The minimum absolute atomic E-state index is 0.269. The van der Waals surface area contributed by atoms with E-state index in [0.29, 0.717) is 0 Å². The van der Waals surface area contributed by atoms with E-state index in [-0.39, 0.29) is 6.04 Å². The third kappa shape index (κ3) is 3.91. The molecule has 3 aromatic carbocycles. The Labute approximate surface area is 182 Å². The summed E-state index contributed by atoms with van der Waals surface area (Å²) in [5.74, 6) is 0.917. The number of piperazine rings is 1. The largest absolute Gasteiger partial charge is 0.354 e. The standard InChI is InChI=1S/C26H23ClN3/c27-23-12-13-24-22(19-23)11-14-25(28-24)29-15-17-30(18-16-29)26(20-7-3-1-4-8-20)21-9-5-2-6-10-21/h1-13,19,26H,15-18H2. The van der Waals surface area contributed by atoms with Crippen LogP contribution in [0.25, 0.3) is 10.9 Å². The third-order valence-corrected chi connectivity index (χ3v) is 6.02. The molecule has 1 aliphatic rings. The van der Waals surface area contributed by atoms with Crippen molar-refractivity contribution in [3.05, 3.63) is 107 Å². The molecule has 1 saturated heterocycles. The van der Waals surface area contributed by atoms with Gasteiger partial charge in [0.1, 0.15) is 5.82 Å². The van der Waals surface area contributed by atoms with Crippen molar-refractivity contribution in [3.63, 3.8) is 0 Å². The molecule has 1 radical (unpaired) electrons. The maximum atomic E-state index is 6.10. The van der Waals surface area contributed by atoms with Crippen molar-refractivity contribution in [2.45, 2.75) is 6.04 Å². The fourth-order valence-electron chi connectivity index (χ4n) is 4.27. The number of anilines is 1. The number of nitrogens with zero attached hydrogens (tertiary/aromatic N) is 3. The quantitative estimate of drug-likeness (QED) is 0.435. The van der Waals surface area contributed by atoms with Gasteiger partial charge in [-0.3, -0.25) is 4.90 Å². The predicted octanol–water partition coefficient (Wildman–Crippen LogP) is 5.60. The maximum absolute atomic E-state index is 6.10. The van der Waals surface area contributed by atoms with Crippen LogP contribution in [0.2, 0.25) is 5.02 Å². The summed E-state index contributed by atoms with van der Waals surface area (Å²) in [6, 6.07) is 33.0. The molecule has 30 heavy (non-hydrogen) atoms. The van der Waals surface area contributed by atoms with Gasteiger partial charge in [-0.2, -0.15) is 0 Å². The Balaban J connectivity index is 1.37. The van der Waals surface area contributed by atoms with Gasteiger partial charge in [-0.15, -0.1) is 0 Å². The SMILES string of the molecule is Clc1ccc2nc(N3CCN(C(c4ccccc4)c4ccccc4)CC3)[c]cc2c1. The van der Waals surface area contributed by atoms with Gasteiger partial charge in [-0.1, -0.05) is 72.3 Å². The molecular formula is C26H23ClN3. The van der Waals surface area contributed by atoms with Crippen LogP contribution in [0.4, 0.5) is 5.82 Å². The Morgan fingerprint density at radius 1 is 0.800 bits per heavy atom. The lowest BCUT2D eigenvalue weighted by Crippen LogP contribution is -2.48. The van der Waals surface area contributed by atoms with Crippen LogP contribution in [0.15, 0.2) is 84.9 Å². The third-order valence-electron chi connectivity index (χ3n) is 5.78. The zero-order chi connectivity index (χ0) is 20.3. The molecule has 0 aliphatic carbocycles. The van der Waals surface area contributed by atoms with Gasteiger partial charge < -0.3 is 4.90 Å². The van der Waals surface area contributed by atoms with Crippen LogP contribution in [0.1, 0.15) is 17.2 Å². The lowest BCUT2D eigenvalue weighted by atomic mass is 9.96. The molecule has 2 heterocycles. The molecule has 149 valence electrons. The van der Waals surface area contributed by atoms with E-state index in [9.17, 15) is 0 Å². The monoisotopic (exact) mass is 412 g/mol. The van der Waals surface area contributed by atoms with Crippen molar-refractivity contribution >= 4 is 28.3 Å². The molecular weight excluding hydrogens is 390 g/mol. The van der Waals surface area contributed by atoms with Crippen molar-refractivity contribution in [1.82, 2.24) is 9.88 Å². The average Bonchev–Trinajstić information content (AvgIpc) is 2.81. The molecule has 0 spiro atoms. The first-order chi connectivity index (χ1) is 14.8. The molecule has 0 amide bonds. The number of rotatable bonds is 4. The number of pyridine rings is 1. The van der Waals surface area contributed by atoms with Gasteiger partial charge in [-0.05, 0) is 35.4 Å². The van der Waals surface area contributed by atoms with Gasteiger partial charge >= 0.3 is 0 Å². The molecule has 0 bridgehead atoms. The molecule has 1 fully saturated rings. The molecule has 5 rings (SSSR count). The van der Waals surface area contributed by atoms with Gasteiger partial charge in [-0.25, -0.2) is 4.98 Å². The number of fused-ring (bicyclic) bond motifs is 1. The van der Waals surface area contributed by atoms with E-state index >= 15 is 0 Å². The van der Waals surface area contributed by atoms with Crippen molar-refractivity contribution < 1.29 is 0 Å². The molecule has 4 aromatic rings. The highest BCUT2D eigenvalue weighted by atomic mass is 35.5. The zero-order valence-electron chi connectivity index (χ0n) is 16.7. The molecule has 3 nitrogen and oxygen atoms in total. The fraction of sp³-hybridized carbons (Fsp3) is 0.192. The lowest BCUT2D eigenvalue weighted by molar-refractivity contribution is 0.212. The van der Waals surface area contributed by atoms with E-state index in [4.69, 9.17) is 16.6 Å². The summed E-state index contributed by atoms with van der Waals surface area (Å²) in [5, 5.41) is 1.75.